The average Bonchev–Trinajstić information content (AvgIpc) is 3.28. The molecular weight excluding hydrogens is 458 g/mol. The summed E-state index contributed by atoms with van der Waals surface area (Å²) in [6.07, 6.45) is 0.705. The van der Waals surface area contributed by atoms with Gasteiger partial charge in [-0.3, -0.25) is 4.79 Å². The number of amides is 3. The Morgan fingerprint density at radius 2 is 1.67 bits per heavy atom. The van der Waals surface area contributed by atoms with Crippen LogP contribution in [0.1, 0.15) is 39.8 Å². The summed E-state index contributed by atoms with van der Waals surface area (Å²) in [4.78, 5) is 27.5. The first-order valence-corrected chi connectivity index (χ1v) is 11.9. The molecule has 3 aromatic rings. The maximum absolute atomic E-state index is 13.1. The Balaban J connectivity index is 1.79. The molecule has 192 valence electrons. The number of urea groups is 1. The van der Waals surface area contributed by atoms with Gasteiger partial charge in [0.2, 0.25) is 5.91 Å². The number of hydrogen-bond acceptors (Lipinski definition) is 5. The van der Waals surface area contributed by atoms with Gasteiger partial charge in [-0.2, -0.15) is 5.10 Å². The Morgan fingerprint density at radius 1 is 0.972 bits per heavy atom. The second-order valence-corrected chi connectivity index (χ2v) is 9.41. The third-order valence-electron chi connectivity index (χ3n) is 5.50. The van der Waals surface area contributed by atoms with Gasteiger partial charge in [0.15, 0.2) is 0 Å². The van der Waals surface area contributed by atoms with Crippen LogP contribution < -0.4 is 20.1 Å². The number of nitrogens with zero attached hydrogens (tertiary/aromatic N) is 3. The fraction of sp³-hybridized carbons (Fsp3) is 0.370. The number of benzene rings is 2. The van der Waals surface area contributed by atoms with Crippen LogP contribution in [0.5, 0.6) is 11.5 Å². The predicted molar refractivity (Wildman–Crippen MR) is 141 cm³/mol. The molecule has 0 bridgehead atoms. The van der Waals surface area contributed by atoms with Crippen LogP contribution in [0.15, 0.2) is 54.6 Å². The van der Waals surface area contributed by atoms with Crippen LogP contribution in [0.3, 0.4) is 0 Å². The second-order valence-electron chi connectivity index (χ2n) is 9.41. The number of rotatable bonds is 9. The molecule has 36 heavy (non-hydrogen) atoms. The molecule has 0 aliphatic carbocycles. The lowest BCUT2D eigenvalue weighted by molar-refractivity contribution is -0.116. The van der Waals surface area contributed by atoms with Crippen molar-refractivity contribution in [3.63, 3.8) is 0 Å². The van der Waals surface area contributed by atoms with Crippen LogP contribution in [0.4, 0.5) is 16.3 Å². The Morgan fingerprint density at radius 3 is 2.28 bits per heavy atom. The number of carbonyl (C=O) groups is 2. The number of nitrogens with one attached hydrogen (secondary N) is 2. The molecule has 0 unspecified atom stereocenters. The quantitative estimate of drug-likeness (QED) is 0.434. The number of aromatic nitrogens is 2. The van der Waals surface area contributed by atoms with E-state index >= 15 is 0 Å². The van der Waals surface area contributed by atoms with Gasteiger partial charge in [0, 0.05) is 29.8 Å². The summed E-state index contributed by atoms with van der Waals surface area (Å²) in [5.41, 5.74) is 1.98. The SMILES string of the molecule is CCCN(CC(=O)Nc1cc(C(C)(C)C)nn1-c1ccc(OC)cc1)C(=O)Nc1cccc(OC)c1. The van der Waals surface area contributed by atoms with Crippen molar-refractivity contribution >= 4 is 23.4 Å². The lowest BCUT2D eigenvalue weighted by atomic mass is 9.92. The molecule has 3 amide bonds. The standard InChI is InChI=1S/C27H35N5O4/c1-7-15-31(26(34)28-19-9-8-10-22(16-19)36-6)18-25(33)29-24-17-23(27(2,3)4)30-32(24)20-11-13-21(35-5)14-12-20/h8-14,16-17H,7,15,18H2,1-6H3,(H,28,34)(H,29,33). The molecule has 0 radical (unpaired) electrons. The van der Waals surface area contributed by atoms with E-state index in [1.165, 1.54) is 4.90 Å². The molecule has 1 aromatic heterocycles. The first kappa shape index (κ1) is 26.6. The average molecular weight is 494 g/mol. The molecule has 0 saturated carbocycles. The minimum atomic E-state index is -0.362. The van der Waals surface area contributed by atoms with Crippen LogP contribution in [0, 0.1) is 0 Å². The molecular formula is C27H35N5O4. The summed E-state index contributed by atoms with van der Waals surface area (Å²) in [7, 11) is 3.18. The molecule has 9 nitrogen and oxygen atoms in total. The normalized spacial score (nSPS) is 11.1. The van der Waals surface area contributed by atoms with Crippen molar-refractivity contribution in [2.75, 3.05) is 37.9 Å². The van der Waals surface area contributed by atoms with E-state index in [0.29, 0.717) is 30.2 Å². The Labute approximate surface area is 212 Å². The van der Waals surface area contributed by atoms with Crippen molar-refractivity contribution in [2.45, 2.75) is 39.5 Å². The Hall–Kier alpha value is -4.01. The topological polar surface area (TPSA) is 97.7 Å². The van der Waals surface area contributed by atoms with E-state index < -0.39 is 0 Å². The fourth-order valence-electron chi connectivity index (χ4n) is 3.54. The number of anilines is 2. The number of hydrogen-bond donors (Lipinski definition) is 2. The highest BCUT2D eigenvalue weighted by molar-refractivity contribution is 5.96. The number of ether oxygens (including phenoxy) is 2. The highest BCUT2D eigenvalue weighted by Gasteiger charge is 2.23. The van der Waals surface area contributed by atoms with E-state index in [1.807, 2.05) is 37.3 Å². The van der Waals surface area contributed by atoms with E-state index in [0.717, 1.165) is 17.1 Å². The summed E-state index contributed by atoms with van der Waals surface area (Å²) < 4.78 is 12.2. The Kier molecular flexibility index (Phi) is 8.58. The van der Waals surface area contributed by atoms with Crippen LogP contribution in [-0.4, -0.2) is 53.9 Å². The molecule has 0 fully saturated rings. The minimum absolute atomic E-state index is 0.109. The summed E-state index contributed by atoms with van der Waals surface area (Å²) in [5, 5.41) is 10.5. The zero-order chi connectivity index (χ0) is 26.3. The van der Waals surface area contributed by atoms with Crippen molar-refractivity contribution in [2.24, 2.45) is 0 Å². The van der Waals surface area contributed by atoms with Crippen molar-refractivity contribution in [1.82, 2.24) is 14.7 Å². The molecule has 3 rings (SSSR count). The van der Waals surface area contributed by atoms with E-state index in [-0.39, 0.29) is 23.9 Å². The zero-order valence-corrected chi connectivity index (χ0v) is 21.8. The molecule has 0 aliphatic heterocycles. The van der Waals surface area contributed by atoms with Crippen molar-refractivity contribution < 1.29 is 19.1 Å². The first-order chi connectivity index (χ1) is 17.1. The summed E-state index contributed by atoms with van der Waals surface area (Å²) >= 11 is 0. The van der Waals surface area contributed by atoms with Crippen LogP contribution in [0.25, 0.3) is 5.69 Å². The lowest BCUT2D eigenvalue weighted by Crippen LogP contribution is -2.41. The summed E-state index contributed by atoms with van der Waals surface area (Å²) in [6, 6.07) is 16.0. The number of methoxy groups -OCH3 is 2. The van der Waals surface area contributed by atoms with Crippen LogP contribution in [0.2, 0.25) is 0 Å². The molecule has 0 spiro atoms. The molecule has 1 heterocycles. The summed E-state index contributed by atoms with van der Waals surface area (Å²) in [6.45, 7) is 8.45. The maximum atomic E-state index is 13.1. The zero-order valence-electron chi connectivity index (χ0n) is 21.8. The van der Waals surface area contributed by atoms with Crippen LogP contribution >= 0.6 is 0 Å². The highest BCUT2D eigenvalue weighted by atomic mass is 16.5. The van der Waals surface area contributed by atoms with Gasteiger partial charge in [-0.15, -0.1) is 0 Å². The molecule has 9 heteroatoms. The third-order valence-corrected chi connectivity index (χ3v) is 5.50. The maximum Gasteiger partial charge on any atom is 0.322 e. The van der Waals surface area contributed by atoms with Gasteiger partial charge >= 0.3 is 6.03 Å². The smallest absolute Gasteiger partial charge is 0.322 e. The third kappa shape index (κ3) is 6.78. The Bertz CT molecular complexity index is 1180. The van der Waals surface area contributed by atoms with Crippen molar-refractivity contribution in [1.29, 1.82) is 0 Å². The monoisotopic (exact) mass is 493 g/mol. The van der Waals surface area contributed by atoms with Gasteiger partial charge in [0.05, 0.1) is 25.6 Å². The van der Waals surface area contributed by atoms with Crippen molar-refractivity contribution in [3.8, 4) is 17.2 Å². The largest absolute Gasteiger partial charge is 0.497 e. The second kappa shape index (κ2) is 11.6. The molecule has 2 aromatic carbocycles. The molecule has 2 N–H and O–H groups in total. The minimum Gasteiger partial charge on any atom is -0.497 e. The highest BCUT2D eigenvalue weighted by Crippen LogP contribution is 2.27. The van der Waals surface area contributed by atoms with Gasteiger partial charge in [-0.05, 0) is 42.8 Å². The molecule has 0 atom stereocenters. The first-order valence-electron chi connectivity index (χ1n) is 11.9. The van der Waals surface area contributed by atoms with E-state index in [4.69, 9.17) is 14.6 Å². The van der Waals surface area contributed by atoms with Crippen molar-refractivity contribution in [3.05, 3.63) is 60.3 Å². The van der Waals surface area contributed by atoms with Gasteiger partial charge < -0.3 is 25.0 Å². The van der Waals surface area contributed by atoms with Gasteiger partial charge in [-0.25, -0.2) is 9.48 Å². The molecule has 0 saturated heterocycles. The van der Waals surface area contributed by atoms with Gasteiger partial charge in [-0.1, -0.05) is 33.8 Å². The predicted octanol–water partition coefficient (Wildman–Crippen LogP) is 5.07. The van der Waals surface area contributed by atoms with E-state index in [9.17, 15) is 9.59 Å². The lowest BCUT2D eigenvalue weighted by Gasteiger charge is -2.22. The van der Waals surface area contributed by atoms with E-state index in [2.05, 4.69) is 31.4 Å². The summed E-state index contributed by atoms with van der Waals surface area (Å²) in [5.74, 6) is 1.57. The number of carbonyl (C=O) groups excluding carboxylic acids is 2. The fourth-order valence-corrected chi connectivity index (χ4v) is 3.54. The van der Waals surface area contributed by atoms with Crippen LogP contribution in [-0.2, 0) is 10.2 Å². The molecule has 0 aliphatic rings. The van der Waals surface area contributed by atoms with Gasteiger partial charge in [0.25, 0.3) is 0 Å². The van der Waals surface area contributed by atoms with Gasteiger partial charge in [0.1, 0.15) is 23.9 Å². The van der Waals surface area contributed by atoms with E-state index in [1.54, 1.807) is 43.2 Å².